The molecular weight excluding hydrogens is 214 g/mol. The highest BCUT2D eigenvalue weighted by atomic mass is 16.5. The molecule has 2 saturated heterocycles. The molecule has 0 aliphatic carbocycles. The molecule has 1 atom stereocenters. The maximum absolute atomic E-state index is 12.3. The maximum Gasteiger partial charge on any atom is 0.228 e. The topological polar surface area (TPSA) is 29.5 Å². The number of likely N-dealkylation sites (tertiary alicyclic amines) is 1. The number of amides is 1. The Balaban J connectivity index is 1.81. The van der Waals surface area contributed by atoms with Gasteiger partial charge >= 0.3 is 0 Å². The van der Waals surface area contributed by atoms with Crippen LogP contribution in [0.2, 0.25) is 0 Å². The van der Waals surface area contributed by atoms with Crippen molar-refractivity contribution in [1.82, 2.24) is 4.90 Å². The molecular formula is C14H25NO2. The first-order valence-electron chi connectivity index (χ1n) is 7.05. The molecule has 0 bridgehead atoms. The summed E-state index contributed by atoms with van der Waals surface area (Å²) in [6.45, 7) is 7.97. The van der Waals surface area contributed by atoms with Gasteiger partial charge in [-0.1, -0.05) is 13.8 Å². The van der Waals surface area contributed by atoms with Crippen molar-refractivity contribution in [3.05, 3.63) is 0 Å². The van der Waals surface area contributed by atoms with Crippen LogP contribution in [0.5, 0.6) is 0 Å². The summed E-state index contributed by atoms with van der Waals surface area (Å²) in [5.74, 6) is 2.04. The number of piperidine rings is 1. The second-order valence-electron chi connectivity index (χ2n) is 5.82. The molecule has 0 aromatic rings. The van der Waals surface area contributed by atoms with E-state index < -0.39 is 0 Å². The lowest BCUT2D eigenvalue weighted by Crippen LogP contribution is -2.44. The average Bonchev–Trinajstić information content (AvgIpc) is 2.39. The number of carbonyl (C=O) groups is 1. The van der Waals surface area contributed by atoms with E-state index in [9.17, 15) is 4.79 Å². The standard InChI is InChI=1S/C14H25NO2/c1-11(2)12-5-7-15(8-6-12)14(16)13-4-3-9-17-10-13/h11-13H,3-10H2,1-2H3. The Morgan fingerprint density at radius 2 is 1.94 bits per heavy atom. The van der Waals surface area contributed by atoms with Crippen molar-refractivity contribution in [1.29, 1.82) is 0 Å². The molecule has 3 nitrogen and oxygen atoms in total. The molecule has 2 heterocycles. The summed E-state index contributed by atoms with van der Waals surface area (Å²) in [4.78, 5) is 14.3. The van der Waals surface area contributed by atoms with Gasteiger partial charge in [0.15, 0.2) is 0 Å². The minimum atomic E-state index is 0.138. The summed E-state index contributed by atoms with van der Waals surface area (Å²) < 4.78 is 5.41. The zero-order chi connectivity index (χ0) is 12.3. The summed E-state index contributed by atoms with van der Waals surface area (Å²) in [5, 5.41) is 0. The largest absolute Gasteiger partial charge is 0.381 e. The van der Waals surface area contributed by atoms with Crippen molar-refractivity contribution in [3.63, 3.8) is 0 Å². The van der Waals surface area contributed by atoms with Gasteiger partial charge in [0.25, 0.3) is 0 Å². The molecule has 98 valence electrons. The van der Waals surface area contributed by atoms with Gasteiger partial charge in [-0.25, -0.2) is 0 Å². The first kappa shape index (κ1) is 12.9. The first-order valence-corrected chi connectivity index (χ1v) is 7.05. The van der Waals surface area contributed by atoms with Crippen molar-refractivity contribution < 1.29 is 9.53 Å². The third-order valence-electron chi connectivity index (χ3n) is 4.30. The van der Waals surface area contributed by atoms with Gasteiger partial charge in [-0.3, -0.25) is 4.79 Å². The predicted molar refractivity (Wildman–Crippen MR) is 67.7 cm³/mol. The molecule has 0 aromatic carbocycles. The van der Waals surface area contributed by atoms with Crippen molar-refractivity contribution in [2.75, 3.05) is 26.3 Å². The van der Waals surface area contributed by atoms with Crippen LogP contribution in [0.1, 0.15) is 39.5 Å². The van der Waals surface area contributed by atoms with Crippen molar-refractivity contribution >= 4 is 5.91 Å². The van der Waals surface area contributed by atoms with Crippen molar-refractivity contribution in [3.8, 4) is 0 Å². The van der Waals surface area contributed by atoms with E-state index in [1.165, 1.54) is 12.8 Å². The van der Waals surface area contributed by atoms with E-state index >= 15 is 0 Å². The Bertz CT molecular complexity index is 251. The van der Waals surface area contributed by atoms with Crippen molar-refractivity contribution in [2.45, 2.75) is 39.5 Å². The van der Waals surface area contributed by atoms with Crippen LogP contribution in [0.4, 0.5) is 0 Å². The van der Waals surface area contributed by atoms with Gasteiger partial charge in [0.2, 0.25) is 5.91 Å². The smallest absolute Gasteiger partial charge is 0.228 e. The van der Waals surface area contributed by atoms with Crippen LogP contribution in [0.3, 0.4) is 0 Å². The van der Waals surface area contributed by atoms with Gasteiger partial charge in [0, 0.05) is 19.7 Å². The first-order chi connectivity index (χ1) is 8.18. The minimum Gasteiger partial charge on any atom is -0.381 e. The fourth-order valence-corrected chi connectivity index (χ4v) is 2.98. The van der Waals surface area contributed by atoms with Gasteiger partial charge in [-0.2, -0.15) is 0 Å². The Hall–Kier alpha value is -0.570. The second kappa shape index (κ2) is 5.85. The van der Waals surface area contributed by atoms with Crippen LogP contribution >= 0.6 is 0 Å². The molecule has 3 heteroatoms. The molecule has 0 saturated carbocycles. The maximum atomic E-state index is 12.3. The quantitative estimate of drug-likeness (QED) is 0.740. The van der Waals surface area contributed by atoms with E-state index in [-0.39, 0.29) is 5.92 Å². The van der Waals surface area contributed by atoms with E-state index in [1.807, 2.05) is 0 Å². The van der Waals surface area contributed by atoms with Crippen LogP contribution in [-0.4, -0.2) is 37.1 Å². The number of carbonyl (C=O) groups excluding carboxylic acids is 1. The summed E-state index contributed by atoms with van der Waals surface area (Å²) in [5.41, 5.74) is 0. The minimum absolute atomic E-state index is 0.138. The van der Waals surface area contributed by atoms with E-state index in [2.05, 4.69) is 18.7 Å². The van der Waals surface area contributed by atoms with Gasteiger partial charge in [0.1, 0.15) is 0 Å². The normalized spacial score (nSPS) is 27.5. The molecule has 1 unspecified atom stereocenters. The SMILES string of the molecule is CC(C)C1CCN(C(=O)C2CCCOC2)CC1. The molecule has 2 aliphatic rings. The summed E-state index contributed by atoms with van der Waals surface area (Å²) in [7, 11) is 0. The predicted octanol–water partition coefficient (Wildman–Crippen LogP) is 2.31. The molecule has 0 N–H and O–H groups in total. The highest BCUT2D eigenvalue weighted by molar-refractivity contribution is 5.79. The number of hydrogen-bond donors (Lipinski definition) is 0. The van der Waals surface area contributed by atoms with Crippen LogP contribution in [-0.2, 0) is 9.53 Å². The third kappa shape index (κ3) is 3.21. The number of nitrogens with zero attached hydrogens (tertiary/aromatic N) is 1. The van der Waals surface area contributed by atoms with E-state index in [1.54, 1.807) is 0 Å². The van der Waals surface area contributed by atoms with E-state index in [0.29, 0.717) is 12.5 Å². The van der Waals surface area contributed by atoms with E-state index in [0.717, 1.165) is 44.4 Å². The average molecular weight is 239 g/mol. The molecule has 0 aromatic heterocycles. The molecule has 2 rings (SSSR count). The highest BCUT2D eigenvalue weighted by Crippen LogP contribution is 2.26. The Labute approximate surface area is 105 Å². The number of rotatable bonds is 2. The lowest BCUT2D eigenvalue weighted by atomic mass is 9.86. The van der Waals surface area contributed by atoms with Crippen LogP contribution in [0, 0.1) is 17.8 Å². The van der Waals surface area contributed by atoms with Crippen molar-refractivity contribution in [2.24, 2.45) is 17.8 Å². The second-order valence-corrected chi connectivity index (χ2v) is 5.82. The monoisotopic (exact) mass is 239 g/mol. The highest BCUT2D eigenvalue weighted by Gasteiger charge is 2.30. The summed E-state index contributed by atoms with van der Waals surface area (Å²) in [6, 6.07) is 0. The summed E-state index contributed by atoms with van der Waals surface area (Å²) in [6.07, 6.45) is 4.41. The Morgan fingerprint density at radius 3 is 2.47 bits per heavy atom. The molecule has 2 fully saturated rings. The molecule has 0 spiro atoms. The Kier molecular flexibility index (Phi) is 4.43. The lowest BCUT2D eigenvalue weighted by molar-refractivity contribution is -0.141. The van der Waals surface area contributed by atoms with E-state index in [4.69, 9.17) is 4.74 Å². The number of hydrogen-bond acceptors (Lipinski definition) is 2. The molecule has 2 aliphatic heterocycles. The molecule has 0 radical (unpaired) electrons. The lowest BCUT2D eigenvalue weighted by Gasteiger charge is -2.36. The molecule has 17 heavy (non-hydrogen) atoms. The third-order valence-corrected chi connectivity index (χ3v) is 4.30. The summed E-state index contributed by atoms with van der Waals surface area (Å²) >= 11 is 0. The number of ether oxygens (including phenoxy) is 1. The van der Waals surface area contributed by atoms with Crippen LogP contribution < -0.4 is 0 Å². The van der Waals surface area contributed by atoms with Gasteiger partial charge in [0.05, 0.1) is 12.5 Å². The fourth-order valence-electron chi connectivity index (χ4n) is 2.98. The molecule has 1 amide bonds. The fraction of sp³-hybridized carbons (Fsp3) is 0.929. The zero-order valence-corrected chi connectivity index (χ0v) is 11.2. The Morgan fingerprint density at radius 1 is 1.24 bits per heavy atom. The van der Waals surface area contributed by atoms with Gasteiger partial charge in [-0.15, -0.1) is 0 Å². The van der Waals surface area contributed by atoms with Gasteiger partial charge in [-0.05, 0) is 37.5 Å². The van der Waals surface area contributed by atoms with Gasteiger partial charge < -0.3 is 9.64 Å². The van der Waals surface area contributed by atoms with Crippen LogP contribution in [0.25, 0.3) is 0 Å². The van der Waals surface area contributed by atoms with Crippen LogP contribution in [0.15, 0.2) is 0 Å². The zero-order valence-electron chi connectivity index (χ0n) is 11.2.